The fourth-order valence-electron chi connectivity index (χ4n) is 1.83. The molecule has 18 heavy (non-hydrogen) atoms. The first-order valence-corrected chi connectivity index (χ1v) is 6.61. The van der Waals surface area contributed by atoms with Gasteiger partial charge in [0.05, 0.1) is 0 Å². The Balaban J connectivity index is 1.92. The topological polar surface area (TPSA) is 12.0 Å². The lowest BCUT2D eigenvalue weighted by Crippen LogP contribution is -2.13. The van der Waals surface area contributed by atoms with Crippen molar-refractivity contribution in [1.82, 2.24) is 5.32 Å². The minimum Gasteiger partial charge on any atom is -0.309 e. The summed E-state index contributed by atoms with van der Waals surface area (Å²) >= 11 is 12.0. The zero-order valence-electron chi connectivity index (χ0n) is 10.2. The molecule has 0 spiro atoms. The van der Waals surface area contributed by atoms with Gasteiger partial charge in [-0.05, 0) is 30.2 Å². The van der Waals surface area contributed by atoms with Crippen molar-refractivity contribution in [3.05, 3.63) is 69.2 Å². The van der Waals surface area contributed by atoms with Crippen molar-refractivity contribution in [2.75, 3.05) is 0 Å². The van der Waals surface area contributed by atoms with Crippen LogP contribution in [0.15, 0.2) is 42.5 Å². The number of rotatable bonds is 4. The highest BCUT2D eigenvalue weighted by molar-refractivity contribution is 6.35. The maximum absolute atomic E-state index is 6.11. The van der Waals surface area contributed by atoms with E-state index in [1.807, 2.05) is 12.1 Å². The number of aryl methyl sites for hydroxylation is 1. The summed E-state index contributed by atoms with van der Waals surface area (Å²) in [5, 5.41) is 4.75. The number of hydrogen-bond acceptors (Lipinski definition) is 1. The molecular weight excluding hydrogens is 265 g/mol. The molecule has 0 aromatic heterocycles. The van der Waals surface area contributed by atoms with Crippen LogP contribution < -0.4 is 5.32 Å². The summed E-state index contributed by atoms with van der Waals surface area (Å²) in [5.41, 5.74) is 3.62. The summed E-state index contributed by atoms with van der Waals surface area (Å²) in [6.07, 6.45) is 0. The Kier molecular flexibility index (Phi) is 4.65. The second-order valence-corrected chi connectivity index (χ2v) is 5.17. The van der Waals surface area contributed by atoms with E-state index in [4.69, 9.17) is 23.2 Å². The Morgan fingerprint density at radius 2 is 1.83 bits per heavy atom. The maximum atomic E-state index is 6.11. The predicted molar refractivity (Wildman–Crippen MR) is 78.2 cm³/mol. The molecule has 0 amide bonds. The number of halogens is 2. The molecule has 0 unspecified atom stereocenters. The van der Waals surface area contributed by atoms with Gasteiger partial charge in [-0.3, -0.25) is 0 Å². The molecule has 0 bridgehead atoms. The van der Waals surface area contributed by atoms with Crippen LogP contribution in [0.25, 0.3) is 0 Å². The van der Waals surface area contributed by atoms with Crippen LogP contribution in [0.2, 0.25) is 10.0 Å². The van der Waals surface area contributed by atoms with Crippen LogP contribution in [0.5, 0.6) is 0 Å². The second kappa shape index (κ2) is 6.24. The third-order valence-corrected chi connectivity index (χ3v) is 3.33. The first kappa shape index (κ1) is 13.4. The highest BCUT2D eigenvalue weighted by Gasteiger charge is 2.01. The van der Waals surface area contributed by atoms with E-state index in [-0.39, 0.29) is 0 Å². The molecule has 1 N–H and O–H groups in total. The highest BCUT2D eigenvalue weighted by atomic mass is 35.5. The fourth-order valence-corrected chi connectivity index (χ4v) is 2.30. The SMILES string of the molecule is Cc1cccc(CNCc2ccc(Cl)cc2Cl)c1. The molecule has 2 aromatic rings. The molecule has 0 saturated heterocycles. The van der Waals surface area contributed by atoms with Crippen LogP contribution in [-0.2, 0) is 13.1 Å². The Morgan fingerprint density at radius 3 is 2.56 bits per heavy atom. The standard InChI is InChI=1S/C15H15Cl2N/c1-11-3-2-4-12(7-11)9-18-10-13-5-6-14(16)8-15(13)17/h2-8,18H,9-10H2,1H3. The lowest BCUT2D eigenvalue weighted by Gasteiger charge is -2.07. The molecule has 0 aliphatic rings. The zero-order valence-corrected chi connectivity index (χ0v) is 11.7. The molecule has 0 atom stereocenters. The van der Waals surface area contributed by atoms with Gasteiger partial charge in [-0.1, -0.05) is 59.1 Å². The van der Waals surface area contributed by atoms with E-state index >= 15 is 0 Å². The third-order valence-electron chi connectivity index (χ3n) is 2.74. The van der Waals surface area contributed by atoms with Crippen LogP contribution in [0.1, 0.15) is 16.7 Å². The van der Waals surface area contributed by atoms with E-state index in [0.717, 1.165) is 18.7 Å². The van der Waals surface area contributed by atoms with E-state index in [1.54, 1.807) is 6.07 Å². The normalized spacial score (nSPS) is 10.6. The van der Waals surface area contributed by atoms with E-state index < -0.39 is 0 Å². The first-order valence-electron chi connectivity index (χ1n) is 5.85. The van der Waals surface area contributed by atoms with Gasteiger partial charge in [0.15, 0.2) is 0 Å². The third kappa shape index (κ3) is 3.74. The van der Waals surface area contributed by atoms with Gasteiger partial charge >= 0.3 is 0 Å². The van der Waals surface area contributed by atoms with Crippen LogP contribution in [0, 0.1) is 6.92 Å². The number of benzene rings is 2. The van der Waals surface area contributed by atoms with Crippen LogP contribution in [0.3, 0.4) is 0 Å². The summed E-state index contributed by atoms with van der Waals surface area (Å²) in [5.74, 6) is 0. The Hall–Kier alpha value is -1.02. The lowest BCUT2D eigenvalue weighted by atomic mass is 10.1. The van der Waals surface area contributed by atoms with Gasteiger partial charge < -0.3 is 5.32 Å². The van der Waals surface area contributed by atoms with Gasteiger partial charge in [0.2, 0.25) is 0 Å². The largest absolute Gasteiger partial charge is 0.309 e. The molecular formula is C15H15Cl2N. The van der Waals surface area contributed by atoms with Crippen molar-refractivity contribution < 1.29 is 0 Å². The first-order chi connectivity index (χ1) is 8.65. The van der Waals surface area contributed by atoms with Gasteiger partial charge in [-0.2, -0.15) is 0 Å². The Morgan fingerprint density at radius 1 is 1.00 bits per heavy atom. The zero-order chi connectivity index (χ0) is 13.0. The Labute approximate surface area is 118 Å². The molecule has 94 valence electrons. The minimum atomic E-state index is 0.669. The summed E-state index contributed by atoms with van der Waals surface area (Å²) in [4.78, 5) is 0. The molecule has 0 fully saturated rings. The van der Waals surface area contributed by atoms with Crippen molar-refractivity contribution in [3.8, 4) is 0 Å². The van der Waals surface area contributed by atoms with Gasteiger partial charge in [0.25, 0.3) is 0 Å². The van der Waals surface area contributed by atoms with E-state index in [9.17, 15) is 0 Å². The van der Waals surface area contributed by atoms with Crippen molar-refractivity contribution in [3.63, 3.8) is 0 Å². The van der Waals surface area contributed by atoms with E-state index in [2.05, 4.69) is 36.5 Å². The van der Waals surface area contributed by atoms with E-state index in [0.29, 0.717) is 10.0 Å². The number of hydrogen-bond donors (Lipinski definition) is 1. The van der Waals surface area contributed by atoms with Crippen LogP contribution >= 0.6 is 23.2 Å². The van der Waals surface area contributed by atoms with Gasteiger partial charge in [0, 0.05) is 23.1 Å². The van der Waals surface area contributed by atoms with Crippen LogP contribution in [0.4, 0.5) is 0 Å². The summed E-state index contributed by atoms with van der Waals surface area (Å²) in [7, 11) is 0. The maximum Gasteiger partial charge on any atom is 0.0465 e. The van der Waals surface area contributed by atoms with Gasteiger partial charge in [0.1, 0.15) is 0 Å². The van der Waals surface area contributed by atoms with Crippen molar-refractivity contribution in [2.24, 2.45) is 0 Å². The fraction of sp³-hybridized carbons (Fsp3) is 0.200. The Bertz CT molecular complexity index is 538. The van der Waals surface area contributed by atoms with Crippen molar-refractivity contribution in [1.29, 1.82) is 0 Å². The average Bonchev–Trinajstić information content (AvgIpc) is 2.32. The molecule has 3 heteroatoms. The molecule has 1 nitrogen and oxygen atoms in total. The van der Waals surface area contributed by atoms with Crippen molar-refractivity contribution in [2.45, 2.75) is 20.0 Å². The second-order valence-electron chi connectivity index (χ2n) is 4.33. The van der Waals surface area contributed by atoms with Gasteiger partial charge in [-0.15, -0.1) is 0 Å². The van der Waals surface area contributed by atoms with Crippen LogP contribution in [-0.4, -0.2) is 0 Å². The molecule has 0 radical (unpaired) electrons. The summed E-state index contributed by atoms with van der Waals surface area (Å²) < 4.78 is 0. The predicted octanol–water partition coefficient (Wildman–Crippen LogP) is 4.59. The minimum absolute atomic E-state index is 0.669. The monoisotopic (exact) mass is 279 g/mol. The smallest absolute Gasteiger partial charge is 0.0465 e. The van der Waals surface area contributed by atoms with Gasteiger partial charge in [-0.25, -0.2) is 0 Å². The molecule has 2 aromatic carbocycles. The molecule has 0 saturated carbocycles. The lowest BCUT2D eigenvalue weighted by molar-refractivity contribution is 0.693. The van der Waals surface area contributed by atoms with E-state index in [1.165, 1.54) is 11.1 Å². The summed E-state index contributed by atoms with van der Waals surface area (Å²) in [6.45, 7) is 3.67. The molecule has 0 aliphatic carbocycles. The molecule has 0 aliphatic heterocycles. The quantitative estimate of drug-likeness (QED) is 0.863. The number of nitrogens with one attached hydrogen (secondary N) is 1. The summed E-state index contributed by atoms with van der Waals surface area (Å²) in [6, 6.07) is 14.0. The highest BCUT2D eigenvalue weighted by Crippen LogP contribution is 2.20. The molecule has 0 heterocycles. The average molecular weight is 280 g/mol. The van der Waals surface area contributed by atoms with Crippen molar-refractivity contribution >= 4 is 23.2 Å². The molecule has 2 rings (SSSR count).